The van der Waals surface area contributed by atoms with Crippen LogP contribution in [0.15, 0.2) is 12.1 Å². The molecule has 1 aromatic rings. The van der Waals surface area contributed by atoms with Gasteiger partial charge in [-0.25, -0.2) is 4.79 Å². The van der Waals surface area contributed by atoms with Crippen molar-refractivity contribution >= 4 is 23.5 Å². The number of amides is 1. The van der Waals surface area contributed by atoms with Gasteiger partial charge in [-0.15, -0.1) is 0 Å². The summed E-state index contributed by atoms with van der Waals surface area (Å²) in [5.41, 5.74) is 0.177. The maximum absolute atomic E-state index is 12.2. The van der Waals surface area contributed by atoms with Crippen LogP contribution in [0.1, 0.15) is 31.1 Å². The Morgan fingerprint density at radius 2 is 1.83 bits per heavy atom. The highest BCUT2D eigenvalue weighted by Crippen LogP contribution is 2.36. The molecule has 1 atom stereocenters. The van der Waals surface area contributed by atoms with Gasteiger partial charge in [0.15, 0.2) is 17.6 Å². The minimum atomic E-state index is -0.909. The largest absolute Gasteiger partial charge is 0.493 e. The number of nitrogens with one attached hydrogen (secondary N) is 1. The Bertz CT molecular complexity index is 574. The maximum atomic E-state index is 12.2. The molecule has 128 valence electrons. The van der Waals surface area contributed by atoms with Crippen LogP contribution in [0.25, 0.3) is 0 Å². The number of hydrogen-bond acceptors (Lipinski definition) is 5. The van der Waals surface area contributed by atoms with Crippen LogP contribution in [-0.4, -0.2) is 38.7 Å². The van der Waals surface area contributed by atoms with Crippen LogP contribution in [0.2, 0.25) is 5.02 Å². The number of rotatable bonds is 7. The summed E-state index contributed by atoms with van der Waals surface area (Å²) >= 11 is 6.05. The number of methoxy groups -OCH3 is 2. The van der Waals surface area contributed by atoms with Gasteiger partial charge in [0.05, 0.1) is 24.8 Å². The second kappa shape index (κ2) is 8.62. The number of ether oxygens (including phenoxy) is 3. The van der Waals surface area contributed by atoms with Gasteiger partial charge in [-0.2, -0.15) is 0 Å². The summed E-state index contributed by atoms with van der Waals surface area (Å²) < 4.78 is 15.4. The van der Waals surface area contributed by atoms with Gasteiger partial charge in [0, 0.05) is 6.54 Å². The lowest BCUT2D eigenvalue weighted by atomic mass is 10.2. The van der Waals surface area contributed by atoms with E-state index < -0.39 is 12.1 Å². The van der Waals surface area contributed by atoms with Crippen molar-refractivity contribution in [3.8, 4) is 11.5 Å². The topological polar surface area (TPSA) is 73.9 Å². The molecule has 1 amide bonds. The Kier molecular flexibility index (Phi) is 7.16. The fraction of sp³-hybridized carbons (Fsp3) is 0.500. The minimum Gasteiger partial charge on any atom is -0.493 e. The highest BCUT2D eigenvalue weighted by molar-refractivity contribution is 6.32. The molecule has 0 aromatic heterocycles. The molecule has 0 aliphatic carbocycles. The normalized spacial score (nSPS) is 11.8. The highest BCUT2D eigenvalue weighted by Gasteiger charge is 2.21. The quantitative estimate of drug-likeness (QED) is 0.770. The number of carbonyl (C=O) groups is 2. The summed E-state index contributed by atoms with van der Waals surface area (Å²) in [5, 5.41) is 2.92. The first-order valence-electron chi connectivity index (χ1n) is 7.20. The van der Waals surface area contributed by atoms with Gasteiger partial charge in [0.1, 0.15) is 0 Å². The standard InChI is InChI=1S/C16H22ClNO5/c1-9(2)8-18-15(19)10(3)23-16(20)11-6-12(17)14(22-5)13(7-11)21-4/h6-7,9-10H,8H2,1-5H3,(H,18,19). The summed E-state index contributed by atoms with van der Waals surface area (Å²) in [4.78, 5) is 24.0. The Balaban J connectivity index is 2.82. The van der Waals surface area contributed by atoms with Crippen LogP contribution in [-0.2, 0) is 9.53 Å². The molecule has 0 bridgehead atoms. The summed E-state index contributed by atoms with van der Waals surface area (Å²) in [6.07, 6.45) is -0.909. The molecule has 1 rings (SSSR count). The van der Waals surface area contributed by atoms with Gasteiger partial charge in [-0.3, -0.25) is 4.79 Å². The summed E-state index contributed by atoms with van der Waals surface area (Å²) in [7, 11) is 2.88. The minimum absolute atomic E-state index is 0.177. The van der Waals surface area contributed by atoms with Gasteiger partial charge < -0.3 is 19.5 Å². The molecule has 0 aliphatic heterocycles. The van der Waals surface area contributed by atoms with Crippen molar-refractivity contribution in [1.82, 2.24) is 5.32 Å². The molecule has 1 N–H and O–H groups in total. The van der Waals surface area contributed by atoms with Crippen molar-refractivity contribution in [3.63, 3.8) is 0 Å². The molecule has 0 fully saturated rings. The van der Waals surface area contributed by atoms with E-state index in [2.05, 4.69) is 5.32 Å². The molecular weight excluding hydrogens is 322 g/mol. The average Bonchev–Trinajstić information content (AvgIpc) is 2.51. The third-order valence-electron chi connectivity index (χ3n) is 3.01. The van der Waals surface area contributed by atoms with E-state index in [0.717, 1.165) is 0 Å². The van der Waals surface area contributed by atoms with E-state index in [1.54, 1.807) is 0 Å². The zero-order chi connectivity index (χ0) is 17.6. The Morgan fingerprint density at radius 1 is 1.17 bits per heavy atom. The van der Waals surface area contributed by atoms with Gasteiger partial charge in [0.2, 0.25) is 0 Å². The molecule has 1 unspecified atom stereocenters. The van der Waals surface area contributed by atoms with E-state index >= 15 is 0 Å². The van der Waals surface area contributed by atoms with Crippen molar-refractivity contribution in [2.45, 2.75) is 26.9 Å². The van der Waals surface area contributed by atoms with Gasteiger partial charge in [-0.05, 0) is 25.0 Å². The van der Waals surface area contributed by atoms with Gasteiger partial charge in [-0.1, -0.05) is 25.4 Å². The fourth-order valence-corrected chi connectivity index (χ4v) is 2.05. The van der Waals surface area contributed by atoms with Crippen LogP contribution >= 0.6 is 11.6 Å². The van der Waals surface area contributed by atoms with E-state index in [1.165, 1.54) is 33.3 Å². The van der Waals surface area contributed by atoms with E-state index in [9.17, 15) is 9.59 Å². The molecule has 23 heavy (non-hydrogen) atoms. The lowest BCUT2D eigenvalue weighted by Gasteiger charge is -2.15. The lowest BCUT2D eigenvalue weighted by molar-refractivity contribution is -0.129. The summed E-state index contributed by atoms with van der Waals surface area (Å²) in [6.45, 7) is 5.98. The average molecular weight is 344 g/mol. The summed E-state index contributed by atoms with van der Waals surface area (Å²) in [5.74, 6) is -0.0671. The molecule has 0 saturated heterocycles. The van der Waals surface area contributed by atoms with Crippen molar-refractivity contribution in [3.05, 3.63) is 22.7 Å². The second-order valence-electron chi connectivity index (χ2n) is 5.38. The summed E-state index contributed by atoms with van der Waals surface area (Å²) in [6, 6.07) is 2.86. The van der Waals surface area contributed by atoms with E-state index in [4.69, 9.17) is 25.8 Å². The number of hydrogen-bond donors (Lipinski definition) is 1. The first-order valence-corrected chi connectivity index (χ1v) is 7.58. The van der Waals surface area contributed by atoms with E-state index in [-0.39, 0.29) is 16.5 Å². The van der Waals surface area contributed by atoms with Crippen molar-refractivity contribution in [2.24, 2.45) is 5.92 Å². The smallest absolute Gasteiger partial charge is 0.339 e. The molecule has 1 aromatic carbocycles. The van der Waals surface area contributed by atoms with E-state index in [0.29, 0.717) is 24.0 Å². The molecule has 0 saturated carbocycles. The van der Waals surface area contributed by atoms with Crippen LogP contribution in [0.4, 0.5) is 0 Å². The SMILES string of the molecule is COc1cc(C(=O)OC(C)C(=O)NCC(C)C)cc(Cl)c1OC. The lowest BCUT2D eigenvalue weighted by Crippen LogP contribution is -2.37. The van der Waals surface area contributed by atoms with Gasteiger partial charge in [0.25, 0.3) is 5.91 Å². The zero-order valence-electron chi connectivity index (χ0n) is 13.9. The molecular formula is C16H22ClNO5. The van der Waals surface area contributed by atoms with Crippen molar-refractivity contribution in [2.75, 3.05) is 20.8 Å². The highest BCUT2D eigenvalue weighted by atomic mass is 35.5. The third-order valence-corrected chi connectivity index (χ3v) is 3.29. The molecule has 0 heterocycles. The molecule has 0 radical (unpaired) electrons. The van der Waals surface area contributed by atoms with Crippen LogP contribution in [0, 0.1) is 5.92 Å². The van der Waals surface area contributed by atoms with Crippen LogP contribution < -0.4 is 14.8 Å². The number of esters is 1. The van der Waals surface area contributed by atoms with Gasteiger partial charge >= 0.3 is 5.97 Å². The van der Waals surface area contributed by atoms with Crippen molar-refractivity contribution in [1.29, 1.82) is 0 Å². The van der Waals surface area contributed by atoms with Crippen molar-refractivity contribution < 1.29 is 23.8 Å². The third kappa shape index (κ3) is 5.32. The predicted octanol–water partition coefficient (Wildman–Crippen LogP) is 2.67. The maximum Gasteiger partial charge on any atom is 0.339 e. The number of carbonyl (C=O) groups excluding carboxylic acids is 2. The molecule has 0 spiro atoms. The Hall–Kier alpha value is -1.95. The number of halogens is 1. The Labute approximate surface area is 141 Å². The molecule has 6 nitrogen and oxygen atoms in total. The van der Waals surface area contributed by atoms with Crippen LogP contribution in [0.3, 0.4) is 0 Å². The fourth-order valence-electron chi connectivity index (χ4n) is 1.77. The second-order valence-corrected chi connectivity index (χ2v) is 5.79. The van der Waals surface area contributed by atoms with E-state index in [1.807, 2.05) is 13.8 Å². The predicted molar refractivity (Wildman–Crippen MR) is 87.3 cm³/mol. The first-order chi connectivity index (χ1) is 10.8. The monoisotopic (exact) mass is 343 g/mol. The molecule has 7 heteroatoms. The Morgan fingerprint density at radius 3 is 2.35 bits per heavy atom. The zero-order valence-corrected chi connectivity index (χ0v) is 14.7. The number of benzene rings is 1. The first kappa shape index (κ1) is 19.1. The molecule has 0 aliphatic rings. The van der Waals surface area contributed by atoms with Crippen LogP contribution in [0.5, 0.6) is 11.5 Å².